The number of rotatable bonds is 1. The first-order valence-electron chi connectivity index (χ1n) is 4.96. The van der Waals surface area contributed by atoms with E-state index in [1.54, 1.807) is 12.3 Å². The van der Waals surface area contributed by atoms with E-state index in [9.17, 15) is 0 Å². The Kier molecular flexibility index (Phi) is 2.57. The maximum absolute atomic E-state index is 5.76. The Morgan fingerprint density at radius 2 is 2.25 bits per heavy atom. The molecule has 82 valence electrons. The van der Waals surface area contributed by atoms with Crippen LogP contribution in [0.25, 0.3) is 11.4 Å². The molecule has 6 heteroatoms. The first kappa shape index (κ1) is 10.1. The Labute approximate surface area is 102 Å². The number of aromatic nitrogens is 4. The molecule has 3 rings (SSSR count). The van der Waals surface area contributed by atoms with Crippen LogP contribution in [-0.4, -0.2) is 25.5 Å². The van der Waals surface area contributed by atoms with Crippen molar-refractivity contribution in [2.75, 3.05) is 5.75 Å². The summed E-state index contributed by atoms with van der Waals surface area (Å²) in [7, 11) is 0. The molecule has 0 amide bonds. The van der Waals surface area contributed by atoms with Crippen molar-refractivity contribution in [2.24, 2.45) is 0 Å². The predicted octanol–water partition coefficient (Wildman–Crippen LogP) is 2.24. The maximum atomic E-state index is 5.76. The van der Waals surface area contributed by atoms with Gasteiger partial charge in [0.25, 0.3) is 0 Å². The molecule has 1 aliphatic heterocycles. The Hall–Kier alpha value is -1.07. The molecule has 16 heavy (non-hydrogen) atoms. The summed E-state index contributed by atoms with van der Waals surface area (Å²) in [6.45, 7) is 0.963. The lowest BCUT2D eigenvalue weighted by Crippen LogP contribution is -2.11. The van der Waals surface area contributed by atoms with Gasteiger partial charge in [-0.1, -0.05) is 11.6 Å². The average Bonchev–Trinajstić information content (AvgIpc) is 2.74. The van der Waals surface area contributed by atoms with Gasteiger partial charge in [-0.15, -0.1) is 10.2 Å². The lowest BCUT2D eigenvalue weighted by Gasteiger charge is -2.14. The van der Waals surface area contributed by atoms with Crippen LogP contribution in [0, 0.1) is 0 Å². The standard InChI is InChI=1S/C10H9ClN4S/c11-8-2-1-7(5-12-8)10-14-13-9-6-16-4-3-15(9)10/h1-2,5H,3-4,6H2. The van der Waals surface area contributed by atoms with Crippen LogP contribution in [-0.2, 0) is 12.3 Å². The summed E-state index contributed by atoms with van der Waals surface area (Å²) in [6, 6.07) is 3.70. The third kappa shape index (κ3) is 1.70. The number of hydrogen-bond donors (Lipinski definition) is 0. The van der Waals surface area contributed by atoms with Crippen molar-refractivity contribution < 1.29 is 0 Å². The molecule has 0 aromatic carbocycles. The summed E-state index contributed by atoms with van der Waals surface area (Å²) < 4.78 is 2.15. The molecule has 0 saturated carbocycles. The molecule has 0 bridgehead atoms. The Bertz CT molecular complexity index is 508. The van der Waals surface area contributed by atoms with E-state index < -0.39 is 0 Å². The van der Waals surface area contributed by atoms with Crippen molar-refractivity contribution in [1.29, 1.82) is 0 Å². The van der Waals surface area contributed by atoms with Crippen LogP contribution in [0.3, 0.4) is 0 Å². The van der Waals surface area contributed by atoms with Gasteiger partial charge in [0.05, 0.1) is 5.75 Å². The summed E-state index contributed by atoms with van der Waals surface area (Å²) in [5, 5.41) is 8.90. The van der Waals surface area contributed by atoms with Crippen LogP contribution in [0.5, 0.6) is 0 Å². The van der Waals surface area contributed by atoms with E-state index in [4.69, 9.17) is 11.6 Å². The number of nitrogens with zero attached hydrogens (tertiary/aromatic N) is 4. The molecule has 0 N–H and O–H groups in total. The topological polar surface area (TPSA) is 43.6 Å². The molecule has 0 unspecified atom stereocenters. The Balaban J connectivity index is 2.06. The summed E-state index contributed by atoms with van der Waals surface area (Å²) in [4.78, 5) is 4.06. The number of hydrogen-bond acceptors (Lipinski definition) is 4. The molecule has 0 fully saturated rings. The molecule has 0 radical (unpaired) electrons. The lowest BCUT2D eigenvalue weighted by atomic mass is 10.2. The van der Waals surface area contributed by atoms with Gasteiger partial charge in [0.2, 0.25) is 0 Å². The van der Waals surface area contributed by atoms with Gasteiger partial charge in [-0.05, 0) is 12.1 Å². The highest BCUT2D eigenvalue weighted by Crippen LogP contribution is 2.24. The van der Waals surface area contributed by atoms with Gasteiger partial charge >= 0.3 is 0 Å². The smallest absolute Gasteiger partial charge is 0.165 e. The monoisotopic (exact) mass is 252 g/mol. The fourth-order valence-corrected chi connectivity index (χ4v) is 2.68. The third-order valence-electron chi connectivity index (χ3n) is 2.50. The van der Waals surface area contributed by atoms with Crippen molar-refractivity contribution >= 4 is 23.4 Å². The highest BCUT2D eigenvalue weighted by molar-refractivity contribution is 7.98. The number of pyridine rings is 1. The van der Waals surface area contributed by atoms with E-state index in [0.717, 1.165) is 35.3 Å². The van der Waals surface area contributed by atoms with Crippen LogP contribution in [0.1, 0.15) is 5.82 Å². The van der Waals surface area contributed by atoms with Crippen molar-refractivity contribution in [2.45, 2.75) is 12.3 Å². The summed E-state index contributed by atoms with van der Waals surface area (Å²) in [6.07, 6.45) is 1.74. The van der Waals surface area contributed by atoms with Gasteiger partial charge in [-0.3, -0.25) is 0 Å². The Morgan fingerprint density at radius 1 is 1.31 bits per heavy atom. The second-order valence-electron chi connectivity index (χ2n) is 3.51. The average molecular weight is 253 g/mol. The molecular weight excluding hydrogens is 244 g/mol. The molecule has 0 saturated heterocycles. The zero-order chi connectivity index (χ0) is 11.0. The van der Waals surface area contributed by atoms with Gasteiger partial charge < -0.3 is 4.57 Å². The van der Waals surface area contributed by atoms with E-state index in [1.807, 2.05) is 17.8 Å². The normalized spacial score (nSPS) is 14.8. The van der Waals surface area contributed by atoms with Gasteiger partial charge in [-0.25, -0.2) is 4.98 Å². The van der Waals surface area contributed by atoms with Gasteiger partial charge in [-0.2, -0.15) is 11.8 Å². The minimum atomic E-state index is 0.498. The zero-order valence-corrected chi connectivity index (χ0v) is 10.0. The van der Waals surface area contributed by atoms with Crippen molar-refractivity contribution in [3.05, 3.63) is 29.3 Å². The summed E-state index contributed by atoms with van der Waals surface area (Å²) >= 11 is 7.65. The van der Waals surface area contributed by atoms with Gasteiger partial charge in [0, 0.05) is 24.1 Å². The minimum Gasteiger partial charge on any atom is -0.309 e. The largest absolute Gasteiger partial charge is 0.309 e. The van der Waals surface area contributed by atoms with Crippen LogP contribution in [0.4, 0.5) is 0 Å². The van der Waals surface area contributed by atoms with E-state index in [-0.39, 0.29) is 0 Å². The second-order valence-corrected chi connectivity index (χ2v) is 5.01. The van der Waals surface area contributed by atoms with E-state index in [0.29, 0.717) is 5.15 Å². The van der Waals surface area contributed by atoms with Gasteiger partial charge in [0.15, 0.2) is 5.82 Å². The third-order valence-corrected chi connectivity index (χ3v) is 3.66. The van der Waals surface area contributed by atoms with E-state index in [1.165, 1.54) is 0 Å². The lowest BCUT2D eigenvalue weighted by molar-refractivity contribution is 0.724. The summed E-state index contributed by atoms with van der Waals surface area (Å²) in [5.74, 6) is 3.98. The summed E-state index contributed by atoms with van der Waals surface area (Å²) in [5.41, 5.74) is 0.968. The highest BCUT2D eigenvalue weighted by atomic mass is 35.5. The minimum absolute atomic E-state index is 0.498. The van der Waals surface area contributed by atoms with E-state index in [2.05, 4.69) is 19.7 Å². The fraction of sp³-hybridized carbons (Fsp3) is 0.300. The van der Waals surface area contributed by atoms with Crippen LogP contribution in [0.2, 0.25) is 5.15 Å². The Morgan fingerprint density at radius 3 is 3.06 bits per heavy atom. The highest BCUT2D eigenvalue weighted by Gasteiger charge is 2.17. The predicted molar refractivity (Wildman–Crippen MR) is 64.4 cm³/mol. The molecule has 4 nitrogen and oxygen atoms in total. The molecule has 3 heterocycles. The number of thioether (sulfide) groups is 1. The van der Waals surface area contributed by atoms with Gasteiger partial charge in [0.1, 0.15) is 11.0 Å². The number of fused-ring (bicyclic) bond motifs is 1. The molecule has 2 aromatic rings. The molecule has 1 aliphatic rings. The quantitative estimate of drug-likeness (QED) is 0.730. The first-order valence-corrected chi connectivity index (χ1v) is 6.49. The number of halogens is 1. The second kappa shape index (κ2) is 4.07. The van der Waals surface area contributed by atoms with E-state index >= 15 is 0 Å². The first-order chi connectivity index (χ1) is 7.84. The van der Waals surface area contributed by atoms with Crippen molar-refractivity contribution in [3.63, 3.8) is 0 Å². The maximum Gasteiger partial charge on any atom is 0.165 e. The molecular formula is C10H9ClN4S. The van der Waals surface area contributed by atoms with Crippen LogP contribution >= 0.6 is 23.4 Å². The van der Waals surface area contributed by atoms with Crippen LogP contribution in [0.15, 0.2) is 18.3 Å². The zero-order valence-electron chi connectivity index (χ0n) is 8.43. The van der Waals surface area contributed by atoms with Crippen LogP contribution < -0.4 is 0 Å². The fourth-order valence-electron chi connectivity index (χ4n) is 1.72. The van der Waals surface area contributed by atoms with Crippen molar-refractivity contribution in [1.82, 2.24) is 19.7 Å². The molecule has 0 spiro atoms. The van der Waals surface area contributed by atoms with Crippen molar-refractivity contribution in [3.8, 4) is 11.4 Å². The molecule has 0 aliphatic carbocycles. The molecule has 0 atom stereocenters. The molecule has 2 aromatic heterocycles. The SMILES string of the molecule is Clc1ccc(-c2nnc3n2CCSC3)cn1.